The van der Waals surface area contributed by atoms with Crippen LogP contribution in [0.5, 0.6) is 0 Å². The lowest BCUT2D eigenvalue weighted by molar-refractivity contribution is -0.139. The van der Waals surface area contributed by atoms with Crippen molar-refractivity contribution in [3.63, 3.8) is 0 Å². The van der Waals surface area contributed by atoms with Crippen LogP contribution >= 0.6 is 0 Å². The molecule has 0 unspecified atom stereocenters. The maximum absolute atomic E-state index is 12.4. The normalized spacial score (nSPS) is 17.4. The van der Waals surface area contributed by atoms with Gasteiger partial charge in [0.1, 0.15) is 4.90 Å². The van der Waals surface area contributed by atoms with Crippen LogP contribution in [0.3, 0.4) is 0 Å². The van der Waals surface area contributed by atoms with Crippen molar-refractivity contribution in [2.45, 2.75) is 25.2 Å². The maximum Gasteiger partial charge on any atom is 0.303 e. The molecule has 2 heterocycles. The Bertz CT molecular complexity index is 614. The molecule has 0 aliphatic carbocycles. The summed E-state index contributed by atoms with van der Waals surface area (Å²) in [4.78, 5) is 10.8. The summed E-state index contributed by atoms with van der Waals surface area (Å²) in [6.07, 6.45) is 0.0109. The number of carboxylic acid groups (broad SMARTS) is 1. The lowest BCUT2D eigenvalue weighted by Gasteiger charge is -2.37. The van der Waals surface area contributed by atoms with Gasteiger partial charge in [0.15, 0.2) is 0 Å². The molecule has 1 fully saturated rings. The van der Waals surface area contributed by atoms with E-state index in [1.165, 1.54) is 8.99 Å². The van der Waals surface area contributed by atoms with E-state index < -0.39 is 16.0 Å². The van der Waals surface area contributed by atoms with Gasteiger partial charge < -0.3 is 5.11 Å². The van der Waals surface area contributed by atoms with Gasteiger partial charge >= 0.3 is 5.97 Å². The molecule has 19 heavy (non-hydrogen) atoms. The standard InChI is InChI=1S/C11H17N3O4S/c1-7-11(8(2)13(3)12-7)19(17,18)14-5-9(6-14)4-10(15)16/h9H,4-6H2,1-3H3,(H,15,16). The first-order valence-electron chi connectivity index (χ1n) is 5.95. The molecule has 8 heteroatoms. The Morgan fingerprint density at radius 1 is 1.42 bits per heavy atom. The van der Waals surface area contributed by atoms with E-state index in [0.29, 0.717) is 11.4 Å². The highest BCUT2D eigenvalue weighted by molar-refractivity contribution is 7.89. The summed E-state index contributed by atoms with van der Waals surface area (Å²) in [5.41, 5.74) is 1.07. The van der Waals surface area contributed by atoms with Gasteiger partial charge in [-0.05, 0) is 19.8 Å². The second-order valence-corrected chi connectivity index (χ2v) is 6.78. The second kappa shape index (κ2) is 4.61. The van der Waals surface area contributed by atoms with Crippen LogP contribution in [0.25, 0.3) is 0 Å². The molecule has 0 aromatic carbocycles. The fourth-order valence-electron chi connectivity index (χ4n) is 2.35. The molecule has 0 saturated carbocycles. The summed E-state index contributed by atoms with van der Waals surface area (Å²) in [5.74, 6) is -0.986. The van der Waals surface area contributed by atoms with Crippen LogP contribution in [0.1, 0.15) is 17.8 Å². The predicted octanol–water partition coefficient (Wildman–Crippen LogP) is 0.132. The van der Waals surface area contributed by atoms with E-state index in [0.717, 1.165) is 0 Å². The van der Waals surface area contributed by atoms with E-state index in [4.69, 9.17) is 5.11 Å². The van der Waals surface area contributed by atoms with E-state index in [1.807, 2.05) is 0 Å². The van der Waals surface area contributed by atoms with Gasteiger partial charge in [-0.3, -0.25) is 9.48 Å². The SMILES string of the molecule is Cc1nn(C)c(C)c1S(=O)(=O)N1CC(CC(=O)O)C1. The molecule has 1 saturated heterocycles. The largest absolute Gasteiger partial charge is 0.481 e. The van der Waals surface area contributed by atoms with Crippen molar-refractivity contribution in [1.29, 1.82) is 0 Å². The van der Waals surface area contributed by atoms with Crippen LogP contribution in [-0.4, -0.2) is 46.7 Å². The third-order valence-corrected chi connectivity index (χ3v) is 5.51. The zero-order chi connectivity index (χ0) is 14.4. The number of aliphatic carboxylic acids is 1. The molecular weight excluding hydrogens is 270 g/mol. The molecule has 1 aromatic heterocycles. The number of aromatic nitrogens is 2. The Hall–Kier alpha value is -1.41. The summed E-state index contributed by atoms with van der Waals surface area (Å²) < 4.78 is 27.7. The average Bonchev–Trinajstić information content (AvgIpc) is 2.46. The van der Waals surface area contributed by atoms with Crippen LogP contribution in [-0.2, 0) is 21.9 Å². The lowest BCUT2D eigenvalue weighted by Crippen LogP contribution is -2.50. The smallest absolute Gasteiger partial charge is 0.303 e. The van der Waals surface area contributed by atoms with Crippen molar-refractivity contribution in [2.24, 2.45) is 13.0 Å². The maximum atomic E-state index is 12.4. The number of rotatable bonds is 4. The topological polar surface area (TPSA) is 92.5 Å². The second-order valence-electron chi connectivity index (χ2n) is 4.91. The van der Waals surface area contributed by atoms with Crippen molar-refractivity contribution in [3.05, 3.63) is 11.4 Å². The Labute approximate surface area is 111 Å². The monoisotopic (exact) mass is 287 g/mol. The van der Waals surface area contributed by atoms with Crippen LogP contribution in [0.2, 0.25) is 0 Å². The van der Waals surface area contributed by atoms with Gasteiger partial charge in [-0.25, -0.2) is 8.42 Å². The number of sulfonamides is 1. The Kier molecular flexibility index (Phi) is 3.40. The Morgan fingerprint density at radius 2 is 2.00 bits per heavy atom. The van der Waals surface area contributed by atoms with Crippen molar-refractivity contribution in [2.75, 3.05) is 13.1 Å². The van der Waals surface area contributed by atoms with Crippen molar-refractivity contribution >= 4 is 16.0 Å². The fourth-order valence-corrected chi connectivity index (χ4v) is 4.34. The molecular formula is C11H17N3O4S. The first-order valence-corrected chi connectivity index (χ1v) is 7.39. The number of hydrogen-bond acceptors (Lipinski definition) is 4. The van der Waals surface area contributed by atoms with Gasteiger partial charge in [0.2, 0.25) is 10.0 Å². The molecule has 1 aliphatic heterocycles. The van der Waals surface area contributed by atoms with E-state index >= 15 is 0 Å². The highest BCUT2D eigenvalue weighted by atomic mass is 32.2. The minimum Gasteiger partial charge on any atom is -0.481 e. The first kappa shape index (κ1) is 14.0. The van der Waals surface area contributed by atoms with E-state index in [-0.39, 0.29) is 30.3 Å². The summed E-state index contributed by atoms with van der Waals surface area (Å²) in [6, 6.07) is 0. The number of carboxylic acids is 1. The quantitative estimate of drug-likeness (QED) is 0.850. The number of carbonyl (C=O) groups is 1. The number of nitrogens with zero attached hydrogens (tertiary/aromatic N) is 3. The summed E-state index contributed by atoms with van der Waals surface area (Å²) in [6.45, 7) is 3.90. The molecule has 1 N–H and O–H groups in total. The molecule has 1 aromatic rings. The fraction of sp³-hybridized carbons (Fsp3) is 0.636. The minimum absolute atomic E-state index is 0.0109. The van der Waals surface area contributed by atoms with Crippen LogP contribution in [0.15, 0.2) is 4.90 Å². The molecule has 7 nitrogen and oxygen atoms in total. The average molecular weight is 287 g/mol. The summed E-state index contributed by atoms with van der Waals surface area (Å²) in [5, 5.41) is 12.8. The van der Waals surface area contributed by atoms with Crippen molar-refractivity contribution < 1.29 is 18.3 Å². The number of hydrogen-bond donors (Lipinski definition) is 1. The van der Waals surface area contributed by atoms with E-state index in [9.17, 15) is 13.2 Å². The highest BCUT2D eigenvalue weighted by Gasteiger charge is 2.39. The molecule has 2 rings (SSSR count). The van der Waals surface area contributed by atoms with Gasteiger partial charge in [-0.15, -0.1) is 0 Å². The predicted molar refractivity (Wildman–Crippen MR) is 67.2 cm³/mol. The van der Waals surface area contributed by atoms with Crippen molar-refractivity contribution in [1.82, 2.24) is 14.1 Å². The van der Waals surface area contributed by atoms with Crippen LogP contribution in [0, 0.1) is 19.8 Å². The summed E-state index contributed by atoms with van der Waals surface area (Å²) >= 11 is 0. The molecule has 0 amide bonds. The minimum atomic E-state index is -3.55. The Morgan fingerprint density at radius 3 is 2.42 bits per heavy atom. The third kappa shape index (κ3) is 2.37. The molecule has 1 aliphatic rings. The third-order valence-electron chi connectivity index (χ3n) is 3.43. The lowest BCUT2D eigenvalue weighted by atomic mass is 10.00. The summed E-state index contributed by atoms with van der Waals surface area (Å²) in [7, 11) is -1.86. The number of aryl methyl sites for hydroxylation is 2. The van der Waals surface area contributed by atoms with Gasteiger partial charge in [-0.2, -0.15) is 9.40 Å². The molecule has 106 valence electrons. The van der Waals surface area contributed by atoms with Gasteiger partial charge in [0.05, 0.1) is 17.8 Å². The van der Waals surface area contributed by atoms with Gasteiger partial charge in [-0.1, -0.05) is 0 Å². The van der Waals surface area contributed by atoms with Crippen LogP contribution in [0.4, 0.5) is 0 Å². The zero-order valence-electron chi connectivity index (χ0n) is 11.1. The molecule has 0 bridgehead atoms. The zero-order valence-corrected chi connectivity index (χ0v) is 11.9. The van der Waals surface area contributed by atoms with Gasteiger partial charge in [0.25, 0.3) is 0 Å². The first-order chi connectivity index (χ1) is 8.73. The highest BCUT2D eigenvalue weighted by Crippen LogP contribution is 2.29. The van der Waals surface area contributed by atoms with E-state index in [1.54, 1.807) is 20.9 Å². The Balaban J connectivity index is 2.19. The van der Waals surface area contributed by atoms with Crippen molar-refractivity contribution in [3.8, 4) is 0 Å². The molecule has 0 atom stereocenters. The molecule has 0 radical (unpaired) electrons. The van der Waals surface area contributed by atoms with Gasteiger partial charge in [0, 0.05) is 20.1 Å². The van der Waals surface area contributed by atoms with Crippen LogP contribution < -0.4 is 0 Å². The molecule has 0 spiro atoms. The van der Waals surface area contributed by atoms with E-state index in [2.05, 4.69) is 5.10 Å².